The number of aliphatic hydroxyl groups excluding tert-OH is 1. The summed E-state index contributed by atoms with van der Waals surface area (Å²) in [5, 5.41) is 9.29. The van der Waals surface area contributed by atoms with Gasteiger partial charge in [-0.2, -0.15) is 0 Å². The third-order valence-electron chi connectivity index (χ3n) is 3.91. The first-order valence-corrected chi connectivity index (χ1v) is 6.56. The number of fused-ring (bicyclic) bond motifs is 1. The second-order valence-corrected chi connectivity index (χ2v) is 5.17. The Morgan fingerprint density at radius 3 is 3.17 bits per heavy atom. The minimum Gasteiger partial charge on any atom is -0.488 e. The van der Waals surface area contributed by atoms with Crippen molar-refractivity contribution in [3.8, 4) is 5.75 Å². The molecule has 0 aliphatic carbocycles. The number of hydrogen-bond donors (Lipinski definition) is 1. The third kappa shape index (κ3) is 2.22. The van der Waals surface area contributed by atoms with Crippen LogP contribution in [0.1, 0.15) is 18.4 Å². The number of ether oxygens (including phenoxy) is 1. The molecule has 98 valence electrons. The Labute approximate surface area is 106 Å². The van der Waals surface area contributed by atoms with Crippen LogP contribution < -0.4 is 4.74 Å². The quantitative estimate of drug-likeness (QED) is 0.885. The standard InChI is InChI=1S/C14H18FNO2/c15-11-3-4-14-10(6-11)7-13(18-14)8-16-5-1-2-12(16)9-17/h3-4,6,12-13,17H,1-2,5,7-9H2. The van der Waals surface area contributed by atoms with Crippen molar-refractivity contribution in [1.29, 1.82) is 0 Å². The van der Waals surface area contributed by atoms with E-state index in [1.54, 1.807) is 12.1 Å². The third-order valence-corrected chi connectivity index (χ3v) is 3.91. The second-order valence-electron chi connectivity index (χ2n) is 5.17. The van der Waals surface area contributed by atoms with Gasteiger partial charge in [0.25, 0.3) is 0 Å². The summed E-state index contributed by atoms with van der Waals surface area (Å²) < 4.78 is 18.9. The van der Waals surface area contributed by atoms with Crippen LogP contribution in [0, 0.1) is 5.82 Å². The van der Waals surface area contributed by atoms with E-state index in [-0.39, 0.29) is 24.6 Å². The molecule has 0 aromatic heterocycles. The lowest BCUT2D eigenvalue weighted by Gasteiger charge is -2.25. The zero-order valence-electron chi connectivity index (χ0n) is 10.3. The van der Waals surface area contributed by atoms with E-state index in [9.17, 15) is 9.50 Å². The topological polar surface area (TPSA) is 32.7 Å². The molecule has 0 spiro atoms. The molecule has 1 saturated heterocycles. The summed E-state index contributed by atoms with van der Waals surface area (Å²) >= 11 is 0. The first-order chi connectivity index (χ1) is 8.76. The molecular formula is C14H18FNO2. The van der Waals surface area contributed by atoms with Crippen molar-refractivity contribution in [2.24, 2.45) is 0 Å². The largest absolute Gasteiger partial charge is 0.488 e. The van der Waals surface area contributed by atoms with Crippen LogP contribution >= 0.6 is 0 Å². The fraction of sp³-hybridized carbons (Fsp3) is 0.571. The molecule has 2 atom stereocenters. The summed E-state index contributed by atoms with van der Waals surface area (Å²) in [7, 11) is 0. The van der Waals surface area contributed by atoms with Crippen LogP contribution in [0.15, 0.2) is 18.2 Å². The van der Waals surface area contributed by atoms with E-state index in [1.807, 2.05) is 0 Å². The summed E-state index contributed by atoms with van der Waals surface area (Å²) in [6.07, 6.45) is 3.06. The van der Waals surface area contributed by atoms with Gasteiger partial charge in [0.1, 0.15) is 17.7 Å². The molecule has 3 rings (SSSR count). The maximum atomic E-state index is 13.1. The van der Waals surface area contributed by atoms with E-state index in [1.165, 1.54) is 6.07 Å². The van der Waals surface area contributed by atoms with Gasteiger partial charge < -0.3 is 9.84 Å². The predicted octanol–water partition coefficient (Wildman–Crippen LogP) is 1.59. The summed E-state index contributed by atoms with van der Waals surface area (Å²) in [5.41, 5.74) is 0.958. The first kappa shape index (κ1) is 11.9. The summed E-state index contributed by atoms with van der Waals surface area (Å²) in [5.74, 6) is 0.605. The Kier molecular flexibility index (Phi) is 3.22. The monoisotopic (exact) mass is 251 g/mol. The van der Waals surface area contributed by atoms with Gasteiger partial charge in [0.2, 0.25) is 0 Å². The van der Waals surface area contributed by atoms with Gasteiger partial charge in [0.05, 0.1) is 6.61 Å². The Bertz CT molecular complexity index is 438. The highest BCUT2D eigenvalue weighted by Crippen LogP contribution is 2.30. The molecule has 2 heterocycles. The molecule has 1 aromatic carbocycles. The average molecular weight is 251 g/mol. The van der Waals surface area contributed by atoms with Gasteiger partial charge in [-0.3, -0.25) is 4.90 Å². The van der Waals surface area contributed by atoms with Gasteiger partial charge in [0.15, 0.2) is 0 Å². The maximum absolute atomic E-state index is 13.1. The number of rotatable bonds is 3. The lowest BCUT2D eigenvalue weighted by Crippen LogP contribution is -2.39. The summed E-state index contributed by atoms with van der Waals surface area (Å²) in [4.78, 5) is 2.28. The molecule has 0 radical (unpaired) electrons. The number of halogens is 1. The van der Waals surface area contributed by atoms with E-state index in [4.69, 9.17) is 4.74 Å². The molecule has 2 aliphatic rings. The number of likely N-dealkylation sites (tertiary alicyclic amines) is 1. The van der Waals surface area contributed by atoms with Crippen molar-refractivity contribution in [2.75, 3.05) is 19.7 Å². The van der Waals surface area contributed by atoms with Crippen molar-refractivity contribution in [2.45, 2.75) is 31.4 Å². The normalized spacial score (nSPS) is 27.2. The lowest BCUT2D eigenvalue weighted by molar-refractivity contribution is 0.109. The Morgan fingerprint density at radius 1 is 1.44 bits per heavy atom. The molecule has 2 unspecified atom stereocenters. The van der Waals surface area contributed by atoms with Gasteiger partial charge in [-0.15, -0.1) is 0 Å². The van der Waals surface area contributed by atoms with Gasteiger partial charge in [-0.1, -0.05) is 0 Å². The molecule has 0 bridgehead atoms. The minimum atomic E-state index is -0.201. The molecule has 3 nitrogen and oxygen atoms in total. The molecule has 1 aromatic rings. The Hall–Kier alpha value is -1.13. The molecule has 18 heavy (non-hydrogen) atoms. The number of benzene rings is 1. The van der Waals surface area contributed by atoms with Crippen molar-refractivity contribution in [1.82, 2.24) is 4.90 Å². The highest BCUT2D eigenvalue weighted by Gasteiger charge is 2.30. The second kappa shape index (κ2) is 4.86. The number of hydrogen-bond acceptors (Lipinski definition) is 3. The molecule has 0 amide bonds. The first-order valence-electron chi connectivity index (χ1n) is 6.56. The van der Waals surface area contributed by atoms with E-state index >= 15 is 0 Å². The molecule has 4 heteroatoms. The van der Waals surface area contributed by atoms with Crippen LogP contribution in [0.4, 0.5) is 4.39 Å². The van der Waals surface area contributed by atoms with Crippen molar-refractivity contribution in [3.05, 3.63) is 29.6 Å². The summed E-state index contributed by atoms with van der Waals surface area (Å²) in [6, 6.07) is 4.98. The minimum absolute atomic E-state index is 0.0916. The zero-order chi connectivity index (χ0) is 12.5. The van der Waals surface area contributed by atoms with E-state index < -0.39 is 0 Å². The van der Waals surface area contributed by atoms with Crippen LogP contribution in [0.3, 0.4) is 0 Å². The van der Waals surface area contributed by atoms with Crippen LogP contribution in [0.5, 0.6) is 5.75 Å². The highest BCUT2D eigenvalue weighted by atomic mass is 19.1. The smallest absolute Gasteiger partial charge is 0.123 e. The van der Waals surface area contributed by atoms with Crippen molar-refractivity contribution < 1.29 is 14.2 Å². The molecular weight excluding hydrogens is 233 g/mol. The summed E-state index contributed by atoms with van der Waals surface area (Å²) in [6.45, 7) is 2.06. The zero-order valence-corrected chi connectivity index (χ0v) is 10.3. The van der Waals surface area contributed by atoms with E-state index in [0.717, 1.165) is 43.7 Å². The highest BCUT2D eigenvalue weighted by molar-refractivity contribution is 5.37. The van der Waals surface area contributed by atoms with Crippen molar-refractivity contribution in [3.63, 3.8) is 0 Å². The van der Waals surface area contributed by atoms with Crippen LogP contribution in [0.2, 0.25) is 0 Å². The molecule has 2 aliphatic heterocycles. The van der Waals surface area contributed by atoms with Crippen LogP contribution in [-0.2, 0) is 6.42 Å². The average Bonchev–Trinajstić information content (AvgIpc) is 2.94. The SMILES string of the molecule is OCC1CCCN1CC1Cc2cc(F)ccc2O1. The fourth-order valence-electron chi connectivity index (χ4n) is 2.99. The number of nitrogens with zero attached hydrogens (tertiary/aromatic N) is 1. The molecule has 1 N–H and O–H groups in total. The predicted molar refractivity (Wildman–Crippen MR) is 66.2 cm³/mol. The maximum Gasteiger partial charge on any atom is 0.123 e. The van der Waals surface area contributed by atoms with Crippen LogP contribution in [0.25, 0.3) is 0 Å². The fourth-order valence-corrected chi connectivity index (χ4v) is 2.99. The Balaban J connectivity index is 1.64. The van der Waals surface area contributed by atoms with Gasteiger partial charge in [-0.05, 0) is 37.6 Å². The molecule has 0 saturated carbocycles. The van der Waals surface area contributed by atoms with Gasteiger partial charge in [0, 0.05) is 24.6 Å². The van der Waals surface area contributed by atoms with Gasteiger partial charge in [-0.25, -0.2) is 4.39 Å². The number of aliphatic hydroxyl groups is 1. The van der Waals surface area contributed by atoms with Crippen LogP contribution in [-0.4, -0.2) is 41.8 Å². The van der Waals surface area contributed by atoms with E-state index in [0.29, 0.717) is 0 Å². The van der Waals surface area contributed by atoms with Crippen molar-refractivity contribution >= 4 is 0 Å². The van der Waals surface area contributed by atoms with E-state index in [2.05, 4.69) is 4.90 Å². The Morgan fingerprint density at radius 2 is 2.33 bits per heavy atom. The van der Waals surface area contributed by atoms with Gasteiger partial charge >= 0.3 is 0 Å². The lowest BCUT2D eigenvalue weighted by atomic mass is 10.1. The molecule has 1 fully saturated rings.